The second kappa shape index (κ2) is 6.32. The minimum atomic E-state index is -2.98. The topological polar surface area (TPSA) is 126 Å². The second-order valence-corrected chi connectivity index (χ2v) is 6.74. The van der Waals surface area contributed by atoms with Crippen molar-refractivity contribution in [2.45, 2.75) is 0 Å². The number of aliphatic hydroxyl groups is 1. The number of ketones is 1. The number of halogens is 1. The molecule has 0 saturated heterocycles. The van der Waals surface area contributed by atoms with Crippen LogP contribution in [0.2, 0.25) is 0 Å². The predicted octanol–water partition coefficient (Wildman–Crippen LogP) is 2.07. The van der Waals surface area contributed by atoms with Gasteiger partial charge in [-0.15, -0.1) is 0 Å². The number of carbonyl (C=O) groups excluding carboxylic acids is 1. The van der Waals surface area contributed by atoms with Gasteiger partial charge in [-0.1, -0.05) is 0 Å². The molecule has 0 spiro atoms. The summed E-state index contributed by atoms with van der Waals surface area (Å²) in [6.07, 6.45) is 9.52. The molecule has 0 atom stereocenters. The fourth-order valence-electron chi connectivity index (χ4n) is 1.99. The van der Waals surface area contributed by atoms with E-state index >= 15 is 0 Å². The van der Waals surface area contributed by atoms with Gasteiger partial charge in [-0.2, -0.15) is 5.10 Å². The second-order valence-electron chi connectivity index (χ2n) is 4.79. The molecule has 0 aromatic carbocycles. The maximum Gasteiger partial charge on any atom is 0.227 e. The van der Waals surface area contributed by atoms with Crippen LogP contribution in [0.4, 0.5) is 4.39 Å². The summed E-state index contributed by atoms with van der Waals surface area (Å²) in [7, 11) is -2.98. The number of fused-ring (bicyclic) bond motifs is 2. The number of carbonyl (C=O) groups is 1. The van der Waals surface area contributed by atoms with E-state index in [1.54, 1.807) is 24.3 Å². The fourth-order valence-corrected chi connectivity index (χ4v) is 3.25. The van der Waals surface area contributed by atoms with Crippen molar-refractivity contribution in [3.8, 4) is 0 Å². The lowest BCUT2D eigenvalue weighted by molar-refractivity contribution is 0.101. The van der Waals surface area contributed by atoms with Gasteiger partial charge in [-0.05, 0) is 24.3 Å². The van der Waals surface area contributed by atoms with Crippen molar-refractivity contribution in [3.05, 3.63) is 76.2 Å². The van der Waals surface area contributed by atoms with Gasteiger partial charge in [0.05, 0.1) is 16.1 Å². The van der Waals surface area contributed by atoms with Crippen molar-refractivity contribution in [1.82, 2.24) is 15.2 Å². The summed E-state index contributed by atoms with van der Waals surface area (Å²) < 4.78 is 39.5. The van der Waals surface area contributed by atoms with Crippen LogP contribution in [0.1, 0.15) is 16.4 Å². The summed E-state index contributed by atoms with van der Waals surface area (Å²) in [5.74, 6) is -2.58. The molecule has 0 amide bonds. The van der Waals surface area contributed by atoms with Crippen molar-refractivity contribution >= 4 is 21.4 Å². The molecule has 0 saturated carbocycles. The Morgan fingerprint density at radius 2 is 1.96 bits per heavy atom. The number of sulfone groups is 1. The third-order valence-corrected chi connectivity index (χ3v) is 4.98. The van der Waals surface area contributed by atoms with Crippen LogP contribution < -0.4 is 0 Å². The van der Waals surface area contributed by atoms with E-state index in [0.29, 0.717) is 9.81 Å². The number of aromatic amines is 1. The molecular formula is C15H10FN3O5S. The van der Waals surface area contributed by atoms with E-state index in [1.807, 2.05) is 0 Å². The van der Waals surface area contributed by atoms with E-state index < -0.39 is 33.0 Å². The molecule has 2 N–H and O–H groups in total. The van der Waals surface area contributed by atoms with Gasteiger partial charge >= 0.3 is 0 Å². The zero-order valence-corrected chi connectivity index (χ0v) is 13.2. The quantitative estimate of drug-likeness (QED) is 0.485. The number of hydrogen-bond acceptors (Lipinski definition) is 7. The highest BCUT2D eigenvalue weighted by Gasteiger charge is 2.28. The number of nitrogens with one attached hydrogen (secondary N) is 1. The Morgan fingerprint density at radius 3 is 2.36 bits per heavy atom. The minimum absolute atomic E-state index is 0.0553. The Morgan fingerprint density at radius 1 is 1.28 bits per heavy atom. The van der Waals surface area contributed by atoms with E-state index in [4.69, 9.17) is 0 Å². The van der Waals surface area contributed by atoms with Gasteiger partial charge in [0.1, 0.15) is 6.33 Å². The van der Waals surface area contributed by atoms with Crippen LogP contribution >= 0.6 is 0 Å². The minimum Gasteiger partial charge on any atom is -0.504 e. The van der Waals surface area contributed by atoms with Crippen molar-refractivity contribution in [3.63, 3.8) is 0 Å². The van der Waals surface area contributed by atoms with E-state index in [2.05, 4.69) is 19.6 Å². The molecular weight excluding hydrogens is 353 g/mol. The van der Waals surface area contributed by atoms with Gasteiger partial charge < -0.3 is 9.52 Å². The monoisotopic (exact) mass is 363 g/mol. The van der Waals surface area contributed by atoms with Gasteiger partial charge in [-0.3, -0.25) is 9.89 Å². The van der Waals surface area contributed by atoms with Gasteiger partial charge in [-0.25, -0.2) is 17.8 Å². The molecule has 2 aliphatic heterocycles. The molecule has 10 heteroatoms. The van der Waals surface area contributed by atoms with Crippen LogP contribution in [-0.2, 0) is 9.84 Å². The summed E-state index contributed by atoms with van der Waals surface area (Å²) in [6, 6.07) is 1.00. The van der Waals surface area contributed by atoms with Crippen molar-refractivity contribution < 1.29 is 27.1 Å². The predicted molar refractivity (Wildman–Crippen MR) is 84.2 cm³/mol. The van der Waals surface area contributed by atoms with Crippen LogP contribution in [0.3, 0.4) is 0 Å². The van der Waals surface area contributed by atoms with E-state index in [-0.39, 0.29) is 5.82 Å². The Labute approximate surface area is 140 Å². The van der Waals surface area contributed by atoms with Gasteiger partial charge in [0.2, 0.25) is 27.2 Å². The van der Waals surface area contributed by atoms with Crippen molar-refractivity contribution in [2.75, 3.05) is 0 Å². The highest BCUT2D eigenvalue weighted by molar-refractivity contribution is 8.00. The summed E-state index contributed by atoms with van der Waals surface area (Å²) in [4.78, 5) is 15.9. The molecule has 0 aliphatic carbocycles. The lowest BCUT2D eigenvalue weighted by atomic mass is 10.2. The number of H-pyrrole nitrogens is 1. The maximum atomic E-state index is 12.9. The van der Waals surface area contributed by atoms with E-state index in [1.165, 1.54) is 6.33 Å². The molecule has 0 unspecified atom stereocenters. The average molecular weight is 363 g/mol. The summed E-state index contributed by atoms with van der Waals surface area (Å²) in [5.41, 5.74) is 0. The molecule has 128 valence electrons. The standard InChI is InChI=1S/C9H6FN3O3.C6H4O2S/c10-5-1-2-16-8(5)6(14)3-7(15)9-11-4-12-13-9;7-9(8)5-1-2-6(9)4-3-5/h1-4,15H,(H,11,12,13);1-4H. The Hall–Kier alpha value is -3.27. The number of rotatable bonds is 3. The molecule has 8 nitrogen and oxygen atoms in total. The molecule has 2 aliphatic rings. The van der Waals surface area contributed by atoms with Crippen LogP contribution in [0.5, 0.6) is 0 Å². The highest BCUT2D eigenvalue weighted by atomic mass is 32.2. The molecule has 2 aromatic heterocycles. The zero-order chi connectivity index (χ0) is 18.0. The molecule has 4 rings (SSSR count). The molecule has 25 heavy (non-hydrogen) atoms. The van der Waals surface area contributed by atoms with Gasteiger partial charge in [0.15, 0.2) is 11.6 Å². The molecule has 2 aromatic rings. The first-order chi connectivity index (χ1) is 11.9. The van der Waals surface area contributed by atoms with Crippen LogP contribution in [-0.4, -0.2) is 34.5 Å². The van der Waals surface area contributed by atoms with Crippen molar-refractivity contribution in [2.24, 2.45) is 0 Å². The third-order valence-electron chi connectivity index (χ3n) is 3.20. The lowest BCUT2D eigenvalue weighted by Gasteiger charge is -1.92. The van der Waals surface area contributed by atoms with Crippen molar-refractivity contribution in [1.29, 1.82) is 0 Å². The molecule has 2 bridgehead atoms. The molecule has 0 radical (unpaired) electrons. The number of nitrogens with zero attached hydrogens (tertiary/aromatic N) is 2. The van der Waals surface area contributed by atoms with E-state index in [0.717, 1.165) is 18.4 Å². The lowest BCUT2D eigenvalue weighted by Crippen LogP contribution is -1.98. The number of hydrogen-bond donors (Lipinski definition) is 2. The summed E-state index contributed by atoms with van der Waals surface area (Å²) in [6.45, 7) is 0. The number of aromatic nitrogens is 3. The Kier molecular flexibility index (Phi) is 4.19. The summed E-state index contributed by atoms with van der Waals surface area (Å²) >= 11 is 0. The Balaban J connectivity index is 0.000000170. The first-order valence-electron chi connectivity index (χ1n) is 6.79. The molecule has 4 heterocycles. The summed E-state index contributed by atoms with van der Waals surface area (Å²) in [5, 5.41) is 15.3. The van der Waals surface area contributed by atoms with Crippen LogP contribution in [0, 0.1) is 5.82 Å². The average Bonchev–Trinajstić information content (AvgIpc) is 3.34. The smallest absolute Gasteiger partial charge is 0.227 e. The van der Waals surface area contributed by atoms with Gasteiger partial charge in [0, 0.05) is 12.1 Å². The Bertz CT molecular complexity index is 1010. The normalized spacial score (nSPS) is 16.9. The number of allylic oxidation sites excluding steroid dienone is 5. The SMILES string of the molecule is O=C(C=C(O)c1nc[nH]n1)c1occc1F.O=S1(=O)C2=CC=C1C=C2. The van der Waals surface area contributed by atoms with Crippen LogP contribution in [0.25, 0.3) is 5.76 Å². The zero-order valence-electron chi connectivity index (χ0n) is 12.4. The maximum absolute atomic E-state index is 12.9. The first-order valence-corrected chi connectivity index (χ1v) is 8.27. The van der Waals surface area contributed by atoms with Gasteiger partial charge in [0.25, 0.3) is 0 Å². The first kappa shape index (κ1) is 16.6. The van der Waals surface area contributed by atoms with Crippen LogP contribution in [0.15, 0.2) is 63.3 Å². The highest BCUT2D eigenvalue weighted by Crippen LogP contribution is 2.32. The fraction of sp³-hybridized carbons (Fsp3) is 0. The third kappa shape index (κ3) is 3.19. The molecule has 0 fully saturated rings. The largest absolute Gasteiger partial charge is 0.504 e. The number of aliphatic hydroxyl groups excluding tert-OH is 1. The van der Waals surface area contributed by atoms with E-state index in [9.17, 15) is 22.7 Å². The number of furan rings is 1.